The maximum Gasteiger partial charge on any atom is 0.246 e. The maximum absolute atomic E-state index is 14.2. The largest absolute Gasteiger partial charge is 0.359 e. The van der Waals surface area contributed by atoms with Crippen LogP contribution in [0.2, 0.25) is 10.0 Å². The van der Waals surface area contributed by atoms with Gasteiger partial charge in [0.15, 0.2) is 0 Å². The molecule has 6 rings (SSSR count). The highest BCUT2D eigenvalue weighted by atomic mass is 35.5. The van der Waals surface area contributed by atoms with Gasteiger partial charge in [-0.25, -0.2) is 0 Å². The van der Waals surface area contributed by atoms with E-state index >= 15 is 0 Å². The first-order valence-electron chi connectivity index (χ1n) is 14.0. The van der Waals surface area contributed by atoms with Gasteiger partial charge in [-0.15, -0.1) is 0 Å². The first-order chi connectivity index (χ1) is 18.3. The van der Waals surface area contributed by atoms with Crippen molar-refractivity contribution in [2.24, 2.45) is 17.8 Å². The molecule has 1 spiro atoms. The first kappa shape index (κ1) is 26.1. The Labute approximate surface area is 233 Å². The van der Waals surface area contributed by atoms with Crippen LogP contribution in [-0.4, -0.2) is 52.5 Å². The maximum atomic E-state index is 14.2. The molecule has 3 amide bonds. The van der Waals surface area contributed by atoms with E-state index in [4.69, 9.17) is 27.9 Å². The normalized spacial score (nSPS) is 36.4. The summed E-state index contributed by atoms with van der Waals surface area (Å²) in [6, 6.07) is 4.14. The molecule has 2 bridgehead atoms. The van der Waals surface area contributed by atoms with E-state index < -0.39 is 29.6 Å². The minimum Gasteiger partial charge on any atom is -0.359 e. The summed E-state index contributed by atoms with van der Waals surface area (Å²) >= 11 is 12.3. The number of likely N-dealkylation sites (tertiary alicyclic amines) is 1. The van der Waals surface area contributed by atoms with Crippen LogP contribution in [-0.2, 0) is 19.1 Å². The highest BCUT2D eigenvalue weighted by molar-refractivity contribution is 6.35. The van der Waals surface area contributed by atoms with Crippen LogP contribution in [0.5, 0.6) is 0 Å². The second-order valence-electron chi connectivity index (χ2n) is 11.9. The van der Waals surface area contributed by atoms with Crippen molar-refractivity contribution < 1.29 is 19.1 Å². The molecule has 0 aromatic heterocycles. The second-order valence-corrected chi connectivity index (χ2v) is 12.7. The Balaban J connectivity index is 1.32. The number of amides is 3. The molecule has 5 atom stereocenters. The number of anilines is 1. The molecule has 2 saturated carbocycles. The Morgan fingerprint density at radius 3 is 2.34 bits per heavy atom. The third kappa shape index (κ3) is 4.44. The predicted octanol–water partition coefficient (Wildman–Crippen LogP) is 5.11. The number of hydrogen-bond donors (Lipinski definition) is 2. The van der Waals surface area contributed by atoms with Crippen LogP contribution in [0.1, 0.15) is 64.7 Å². The van der Waals surface area contributed by atoms with Gasteiger partial charge in [0.25, 0.3) is 0 Å². The van der Waals surface area contributed by atoms with E-state index in [0.717, 1.165) is 51.4 Å². The molecule has 9 heteroatoms. The van der Waals surface area contributed by atoms with Crippen LogP contribution in [0.3, 0.4) is 0 Å². The number of hydrogen-bond acceptors (Lipinski definition) is 4. The van der Waals surface area contributed by atoms with Crippen LogP contribution in [0.15, 0.2) is 30.4 Å². The van der Waals surface area contributed by atoms with Crippen molar-refractivity contribution in [3.8, 4) is 0 Å². The fourth-order valence-electron chi connectivity index (χ4n) is 7.50. The molecule has 0 radical (unpaired) electrons. The van der Waals surface area contributed by atoms with Gasteiger partial charge >= 0.3 is 0 Å². The van der Waals surface area contributed by atoms with Gasteiger partial charge < -0.3 is 20.3 Å². The number of carbonyl (C=O) groups excluding carboxylic acids is 3. The zero-order chi connectivity index (χ0) is 26.6. The minimum absolute atomic E-state index is 0.0349. The highest BCUT2D eigenvalue weighted by Crippen LogP contribution is 2.56. The summed E-state index contributed by atoms with van der Waals surface area (Å²) < 4.78 is 6.49. The van der Waals surface area contributed by atoms with Crippen molar-refractivity contribution in [1.29, 1.82) is 0 Å². The fourth-order valence-corrected chi connectivity index (χ4v) is 8.03. The Bertz CT molecular complexity index is 1140. The summed E-state index contributed by atoms with van der Waals surface area (Å²) in [6.45, 7) is 2.23. The molecule has 38 heavy (non-hydrogen) atoms. The summed E-state index contributed by atoms with van der Waals surface area (Å²) in [7, 11) is 0. The van der Waals surface area contributed by atoms with Crippen molar-refractivity contribution in [2.45, 2.75) is 94.5 Å². The number of carbonyl (C=O) groups is 3. The van der Waals surface area contributed by atoms with Gasteiger partial charge in [0.1, 0.15) is 11.6 Å². The molecule has 3 aliphatic heterocycles. The van der Waals surface area contributed by atoms with Crippen LogP contribution < -0.4 is 10.6 Å². The van der Waals surface area contributed by atoms with Crippen molar-refractivity contribution in [2.75, 3.05) is 5.32 Å². The standard InChI is InChI=1S/C29H35Cl2N3O4/c1-16-7-9-21(10-8-16)34-25(27(36)32-19-5-3-2-4-6-19)29-12-11-22(38-29)23(24(29)28(34)37)26(35)33-20-14-17(30)13-18(31)15-20/h11-16,19,21-25H,2-10H2,1H3,(H,32,36)(H,33,35). The quantitative estimate of drug-likeness (QED) is 0.490. The molecule has 7 nitrogen and oxygen atoms in total. The third-order valence-corrected chi connectivity index (χ3v) is 9.76. The average molecular weight is 561 g/mol. The fraction of sp³-hybridized carbons (Fsp3) is 0.621. The number of nitrogens with zero attached hydrogens (tertiary/aromatic N) is 1. The van der Waals surface area contributed by atoms with E-state index in [2.05, 4.69) is 17.6 Å². The molecule has 1 aromatic rings. The Kier molecular flexibility index (Phi) is 6.98. The zero-order valence-corrected chi connectivity index (χ0v) is 23.1. The van der Waals surface area contributed by atoms with Gasteiger partial charge in [-0.2, -0.15) is 0 Å². The van der Waals surface area contributed by atoms with Gasteiger partial charge in [0, 0.05) is 27.8 Å². The summed E-state index contributed by atoms with van der Waals surface area (Å²) in [5.74, 6) is -1.53. The van der Waals surface area contributed by atoms with E-state index in [0.29, 0.717) is 21.7 Å². The molecule has 5 aliphatic rings. The Morgan fingerprint density at radius 2 is 1.66 bits per heavy atom. The number of rotatable bonds is 5. The number of benzene rings is 1. The topological polar surface area (TPSA) is 87.7 Å². The number of ether oxygens (including phenoxy) is 1. The van der Waals surface area contributed by atoms with Crippen LogP contribution >= 0.6 is 23.2 Å². The molecule has 1 aromatic carbocycles. The van der Waals surface area contributed by atoms with Gasteiger partial charge in [-0.05, 0) is 62.6 Å². The smallest absolute Gasteiger partial charge is 0.246 e. The molecular weight excluding hydrogens is 525 g/mol. The first-order valence-corrected chi connectivity index (χ1v) is 14.8. The van der Waals surface area contributed by atoms with E-state index in [1.54, 1.807) is 23.1 Å². The lowest BCUT2D eigenvalue weighted by molar-refractivity contribution is -0.145. The summed E-state index contributed by atoms with van der Waals surface area (Å²) in [5, 5.41) is 6.98. The molecule has 4 fully saturated rings. The predicted molar refractivity (Wildman–Crippen MR) is 146 cm³/mol. The summed E-state index contributed by atoms with van der Waals surface area (Å²) in [5.41, 5.74) is -0.680. The average Bonchev–Trinajstić information content (AvgIpc) is 3.52. The van der Waals surface area contributed by atoms with E-state index in [1.165, 1.54) is 6.42 Å². The van der Waals surface area contributed by atoms with E-state index in [9.17, 15) is 14.4 Å². The lowest BCUT2D eigenvalue weighted by atomic mass is 9.74. The monoisotopic (exact) mass is 559 g/mol. The lowest BCUT2D eigenvalue weighted by Crippen LogP contribution is -2.58. The van der Waals surface area contributed by atoms with Crippen molar-refractivity contribution >= 4 is 46.6 Å². The van der Waals surface area contributed by atoms with Crippen LogP contribution in [0.25, 0.3) is 0 Å². The van der Waals surface area contributed by atoms with Gasteiger partial charge in [-0.3, -0.25) is 14.4 Å². The van der Waals surface area contributed by atoms with Gasteiger partial charge in [-0.1, -0.05) is 61.5 Å². The number of halogens is 2. The summed E-state index contributed by atoms with van der Waals surface area (Å²) in [4.78, 5) is 43.7. The van der Waals surface area contributed by atoms with Crippen LogP contribution in [0, 0.1) is 17.8 Å². The Morgan fingerprint density at radius 1 is 0.974 bits per heavy atom. The third-order valence-electron chi connectivity index (χ3n) is 9.32. The molecule has 2 aliphatic carbocycles. The zero-order valence-electron chi connectivity index (χ0n) is 21.6. The molecule has 204 valence electrons. The molecule has 2 saturated heterocycles. The van der Waals surface area contributed by atoms with Crippen molar-refractivity contribution in [3.63, 3.8) is 0 Å². The Hall–Kier alpha value is -2.09. The van der Waals surface area contributed by atoms with E-state index in [-0.39, 0.29) is 29.8 Å². The molecule has 3 heterocycles. The minimum atomic E-state index is -1.14. The van der Waals surface area contributed by atoms with Crippen molar-refractivity contribution in [3.05, 3.63) is 40.4 Å². The molecular formula is C29H35Cl2N3O4. The highest BCUT2D eigenvalue weighted by Gasteiger charge is 2.73. The van der Waals surface area contributed by atoms with Gasteiger partial charge in [0.05, 0.1) is 17.9 Å². The molecule has 2 N–H and O–H groups in total. The summed E-state index contributed by atoms with van der Waals surface area (Å²) in [6.07, 6.45) is 12.2. The number of nitrogens with one attached hydrogen (secondary N) is 2. The lowest BCUT2D eigenvalue weighted by Gasteiger charge is -2.40. The second kappa shape index (κ2) is 10.1. The van der Waals surface area contributed by atoms with E-state index in [1.807, 2.05) is 12.2 Å². The van der Waals surface area contributed by atoms with Gasteiger partial charge in [0.2, 0.25) is 17.7 Å². The van der Waals surface area contributed by atoms with Crippen molar-refractivity contribution in [1.82, 2.24) is 10.2 Å². The SMILES string of the molecule is CC1CCC(N2C(=O)C3C(C(=O)Nc4cc(Cl)cc(Cl)c4)C4C=CC3(O4)C2C(=O)NC2CCCCC2)CC1. The van der Waals surface area contributed by atoms with Crippen LogP contribution in [0.4, 0.5) is 5.69 Å². The number of fused-ring (bicyclic) bond motifs is 1. The molecule has 5 unspecified atom stereocenters.